The SMILES string of the molecule is Cn1cc(Br)cc1C(=O)NNC(=O)/C=C/c1ccccc1C#N. The highest BCUT2D eigenvalue weighted by Crippen LogP contribution is 2.13. The van der Waals surface area contributed by atoms with Crippen LogP contribution in [-0.4, -0.2) is 16.4 Å². The van der Waals surface area contributed by atoms with E-state index < -0.39 is 11.8 Å². The summed E-state index contributed by atoms with van der Waals surface area (Å²) in [5.41, 5.74) is 6.10. The van der Waals surface area contributed by atoms with Crippen molar-refractivity contribution in [1.82, 2.24) is 15.4 Å². The van der Waals surface area contributed by atoms with Crippen LogP contribution in [0.4, 0.5) is 0 Å². The van der Waals surface area contributed by atoms with Gasteiger partial charge < -0.3 is 4.57 Å². The quantitative estimate of drug-likeness (QED) is 0.638. The molecule has 0 spiro atoms. The minimum absolute atomic E-state index is 0.399. The second-order valence-electron chi connectivity index (χ2n) is 4.63. The van der Waals surface area contributed by atoms with Crippen LogP contribution in [0.15, 0.2) is 47.1 Å². The van der Waals surface area contributed by atoms with Gasteiger partial charge in [0.2, 0.25) is 0 Å². The fraction of sp³-hybridized carbons (Fsp3) is 0.0625. The zero-order valence-corrected chi connectivity index (χ0v) is 13.8. The molecule has 116 valence electrons. The maximum atomic E-state index is 11.9. The van der Waals surface area contributed by atoms with Crippen LogP contribution < -0.4 is 10.9 Å². The molecule has 0 bridgehead atoms. The van der Waals surface area contributed by atoms with Crippen LogP contribution >= 0.6 is 15.9 Å². The monoisotopic (exact) mass is 372 g/mol. The molecule has 0 aliphatic carbocycles. The van der Waals surface area contributed by atoms with E-state index in [1.165, 1.54) is 12.2 Å². The first-order valence-corrected chi connectivity index (χ1v) is 7.40. The molecule has 2 N–H and O–H groups in total. The second kappa shape index (κ2) is 7.42. The molecule has 23 heavy (non-hydrogen) atoms. The van der Waals surface area contributed by atoms with Gasteiger partial charge in [0.05, 0.1) is 11.6 Å². The molecule has 0 saturated carbocycles. The highest BCUT2D eigenvalue weighted by Gasteiger charge is 2.11. The third kappa shape index (κ3) is 4.31. The van der Waals surface area contributed by atoms with E-state index in [0.717, 1.165) is 4.47 Å². The van der Waals surface area contributed by atoms with E-state index in [4.69, 9.17) is 5.26 Å². The largest absolute Gasteiger partial charge is 0.345 e. The van der Waals surface area contributed by atoms with E-state index in [-0.39, 0.29) is 0 Å². The Morgan fingerprint density at radius 3 is 2.70 bits per heavy atom. The zero-order chi connectivity index (χ0) is 16.8. The number of hydrogen-bond donors (Lipinski definition) is 2. The summed E-state index contributed by atoms with van der Waals surface area (Å²) >= 11 is 3.27. The van der Waals surface area contributed by atoms with Crippen molar-refractivity contribution in [1.29, 1.82) is 5.26 Å². The molecule has 0 unspecified atom stereocenters. The van der Waals surface area contributed by atoms with Crippen molar-refractivity contribution < 1.29 is 9.59 Å². The molecule has 0 fully saturated rings. The molecule has 0 atom stereocenters. The average Bonchev–Trinajstić information content (AvgIpc) is 2.89. The molecule has 0 radical (unpaired) electrons. The van der Waals surface area contributed by atoms with E-state index in [2.05, 4.69) is 26.8 Å². The number of aryl methyl sites for hydroxylation is 1. The number of benzene rings is 1. The normalized spacial score (nSPS) is 10.3. The Labute approximate surface area is 141 Å². The van der Waals surface area contributed by atoms with Crippen LogP contribution in [0.5, 0.6) is 0 Å². The van der Waals surface area contributed by atoms with Gasteiger partial charge in [0.1, 0.15) is 5.69 Å². The molecule has 6 nitrogen and oxygen atoms in total. The highest BCUT2D eigenvalue weighted by molar-refractivity contribution is 9.10. The first kappa shape index (κ1) is 16.5. The second-order valence-corrected chi connectivity index (χ2v) is 5.55. The van der Waals surface area contributed by atoms with Crippen LogP contribution in [-0.2, 0) is 11.8 Å². The third-order valence-electron chi connectivity index (χ3n) is 3.00. The van der Waals surface area contributed by atoms with Crippen molar-refractivity contribution in [3.63, 3.8) is 0 Å². The molecule has 1 heterocycles. The molecule has 0 aliphatic heterocycles. The van der Waals surface area contributed by atoms with Crippen LogP contribution in [0.1, 0.15) is 21.6 Å². The summed E-state index contributed by atoms with van der Waals surface area (Å²) in [7, 11) is 1.72. The van der Waals surface area contributed by atoms with E-state index in [1.807, 2.05) is 6.07 Å². The number of nitrogens with one attached hydrogen (secondary N) is 2. The van der Waals surface area contributed by atoms with Gasteiger partial charge >= 0.3 is 0 Å². The standard InChI is InChI=1S/C16H13BrN4O2/c1-21-10-13(17)8-14(21)16(23)20-19-15(22)7-6-11-4-2-3-5-12(11)9-18/h2-8,10H,1H3,(H,19,22)(H,20,23)/b7-6+. The van der Waals surface area contributed by atoms with Crippen molar-refractivity contribution >= 4 is 33.8 Å². The molecular weight excluding hydrogens is 360 g/mol. The summed E-state index contributed by atoms with van der Waals surface area (Å²) in [6.07, 6.45) is 4.49. The Morgan fingerprint density at radius 2 is 2.04 bits per heavy atom. The van der Waals surface area contributed by atoms with Gasteiger partial charge in [0.25, 0.3) is 11.8 Å². The van der Waals surface area contributed by atoms with E-state index >= 15 is 0 Å². The summed E-state index contributed by atoms with van der Waals surface area (Å²) in [5, 5.41) is 8.97. The topological polar surface area (TPSA) is 86.9 Å². The molecule has 2 aromatic rings. The van der Waals surface area contributed by atoms with Gasteiger partial charge in [-0.05, 0) is 39.7 Å². The van der Waals surface area contributed by atoms with Gasteiger partial charge in [-0.3, -0.25) is 20.4 Å². The molecule has 0 aliphatic rings. The zero-order valence-electron chi connectivity index (χ0n) is 12.2. The Bertz CT molecular complexity index is 818. The first-order chi connectivity index (χ1) is 11.0. The number of rotatable bonds is 3. The lowest BCUT2D eigenvalue weighted by Gasteiger charge is -2.05. The van der Waals surface area contributed by atoms with E-state index in [0.29, 0.717) is 16.8 Å². The van der Waals surface area contributed by atoms with Gasteiger partial charge in [0, 0.05) is 23.8 Å². The first-order valence-electron chi connectivity index (χ1n) is 6.60. The van der Waals surface area contributed by atoms with Crippen LogP contribution in [0.25, 0.3) is 6.08 Å². The number of halogens is 1. The number of hydrogen-bond acceptors (Lipinski definition) is 3. The Hall–Kier alpha value is -2.85. The number of carbonyl (C=O) groups is 2. The minimum atomic E-state index is -0.501. The maximum absolute atomic E-state index is 11.9. The molecule has 7 heteroatoms. The lowest BCUT2D eigenvalue weighted by molar-refractivity contribution is -0.117. The third-order valence-corrected chi connectivity index (χ3v) is 3.43. The fourth-order valence-corrected chi connectivity index (χ4v) is 2.41. The Kier molecular flexibility index (Phi) is 5.33. The van der Waals surface area contributed by atoms with Gasteiger partial charge in [-0.2, -0.15) is 5.26 Å². The van der Waals surface area contributed by atoms with Crippen molar-refractivity contribution in [3.05, 3.63) is 63.9 Å². The summed E-state index contributed by atoms with van der Waals surface area (Å²) in [5.74, 6) is -0.934. The van der Waals surface area contributed by atoms with Crippen LogP contribution in [0.2, 0.25) is 0 Å². The minimum Gasteiger partial charge on any atom is -0.345 e. The van der Waals surface area contributed by atoms with Crippen LogP contribution in [0, 0.1) is 11.3 Å². The summed E-state index contributed by atoms with van der Waals surface area (Å²) in [6, 6.07) is 10.6. The molecule has 0 saturated heterocycles. The number of nitrogens with zero attached hydrogens (tertiary/aromatic N) is 2. The maximum Gasteiger partial charge on any atom is 0.286 e. The van der Waals surface area contributed by atoms with Crippen molar-refractivity contribution in [2.24, 2.45) is 7.05 Å². The average molecular weight is 373 g/mol. The van der Waals surface area contributed by atoms with Crippen LogP contribution in [0.3, 0.4) is 0 Å². The molecular formula is C16H13BrN4O2. The van der Waals surface area contributed by atoms with Gasteiger partial charge in [-0.15, -0.1) is 0 Å². The van der Waals surface area contributed by atoms with Gasteiger partial charge in [-0.1, -0.05) is 18.2 Å². The highest BCUT2D eigenvalue weighted by atomic mass is 79.9. The number of hydrazine groups is 1. The van der Waals surface area contributed by atoms with Crippen molar-refractivity contribution in [2.45, 2.75) is 0 Å². The molecule has 2 amide bonds. The lowest BCUT2D eigenvalue weighted by Crippen LogP contribution is -2.41. The number of carbonyl (C=O) groups excluding carboxylic acids is 2. The fourth-order valence-electron chi connectivity index (χ4n) is 1.88. The van der Waals surface area contributed by atoms with E-state index in [1.54, 1.807) is 48.1 Å². The summed E-state index contributed by atoms with van der Waals surface area (Å²) < 4.78 is 2.40. The lowest BCUT2D eigenvalue weighted by atomic mass is 10.1. The number of amides is 2. The Balaban J connectivity index is 1.95. The molecule has 1 aromatic carbocycles. The van der Waals surface area contributed by atoms with Crippen molar-refractivity contribution in [2.75, 3.05) is 0 Å². The predicted octanol–water partition coefficient (Wildman–Crippen LogP) is 2.13. The molecule has 1 aromatic heterocycles. The number of nitriles is 1. The van der Waals surface area contributed by atoms with Gasteiger partial charge in [0.15, 0.2) is 0 Å². The Morgan fingerprint density at radius 1 is 1.30 bits per heavy atom. The van der Waals surface area contributed by atoms with Crippen molar-refractivity contribution in [3.8, 4) is 6.07 Å². The predicted molar refractivity (Wildman–Crippen MR) is 88.9 cm³/mol. The number of aromatic nitrogens is 1. The van der Waals surface area contributed by atoms with E-state index in [9.17, 15) is 9.59 Å². The van der Waals surface area contributed by atoms with Gasteiger partial charge in [-0.25, -0.2) is 0 Å². The smallest absolute Gasteiger partial charge is 0.286 e. The summed E-state index contributed by atoms with van der Waals surface area (Å²) in [4.78, 5) is 23.7. The molecule has 2 rings (SSSR count). The summed E-state index contributed by atoms with van der Waals surface area (Å²) in [6.45, 7) is 0.